The van der Waals surface area contributed by atoms with Gasteiger partial charge in [0.1, 0.15) is 0 Å². The van der Waals surface area contributed by atoms with E-state index in [0.29, 0.717) is 0 Å². The fourth-order valence-corrected chi connectivity index (χ4v) is 0.743. The Labute approximate surface area is 62.0 Å². The van der Waals surface area contributed by atoms with E-state index < -0.39 is 0 Å². The van der Waals surface area contributed by atoms with E-state index in [1.54, 1.807) is 6.92 Å². The zero-order valence-corrected chi connectivity index (χ0v) is 6.65. The summed E-state index contributed by atoms with van der Waals surface area (Å²) < 4.78 is 0. The van der Waals surface area contributed by atoms with Crippen molar-refractivity contribution in [2.75, 3.05) is 13.1 Å². The van der Waals surface area contributed by atoms with Crippen LogP contribution in [0.3, 0.4) is 0 Å². The van der Waals surface area contributed by atoms with E-state index in [2.05, 4.69) is 11.1 Å². The summed E-state index contributed by atoms with van der Waals surface area (Å²) in [4.78, 5) is 10.4. The average Bonchev–Trinajstić information content (AvgIpc) is 1.87. The number of carbonyl (C=O) groups excluding carboxylic acids is 1. The van der Waals surface area contributed by atoms with Gasteiger partial charge in [-0.3, -0.25) is 4.79 Å². The fourth-order valence-electron chi connectivity index (χ4n) is 0.743. The zero-order chi connectivity index (χ0) is 7.82. The SMILES string of the molecule is CC(=O)NCCCCC[NH3+]. The lowest BCUT2D eigenvalue weighted by Gasteiger charge is -1.98. The molecule has 60 valence electrons. The topological polar surface area (TPSA) is 56.7 Å². The highest BCUT2D eigenvalue weighted by atomic mass is 16.1. The number of hydrogen-bond acceptors (Lipinski definition) is 1. The van der Waals surface area contributed by atoms with Crippen LogP contribution in [0.4, 0.5) is 0 Å². The number of nitrogens with one attached hydrogen (secondary N) is 1. The van der Waals surface area contributed by atoms with Gasteiger partial charge in [-0.15, -0.1) is 0 Å². The molecule has 0 rings (SSSR count). The van der Waals surface area contributed by atoms with Gasteiger partial charge in [0.2, 0.25) is 5.91 Å². The Morgan fingerprint density at radius 3 is 2.60 bits per heavy atom. The third-order valence-electron chi connectivity index (χ3n) is 1.30. The van der Waals surface area contributed by atoms with Crippen LogP contribution in [0.25, 0.3) is 0 Å². The Balaban J connectivity index is 2.84. The molecule has 10 heavy (non-hydrogen) atoms. The maximum Gasteiger partial charge on any atom is 0.216 e. The molecule has 0 aliphatic carbocycles. The van der Waals surface area contributed by atoms with Gasteiger partial charge in [-0.2, -0.15) is 0 Å². The molecule has 4 N–H and O–H groups in total. The number of amides is 1. The van der Waals surface area contributed by atoms with Gasteiger partial charge in [-0.05, 0) is 19.3 Å². The molecule has 0 aromatic heterocycles. The summed E-state index contributed by atoms with van der Waals surface area (Å²) in [5.41, 5.74) is 3.73. The van der Waals surface area contributed by atoms with E-state index >= 15 is 0 Å². The second-order valence-electron chi connectivity index (χ2n) is 2.40. The van der Waals surface area contributed by atoms with Crippen molar-refractivity contribution in [1.82, 2.24) is 5.32 Å². The van der Waals surface area contributed by atoms with Crippen LogP contribution in [-0.2, 0) is 4.79 Å². The van der Waals surface area contributed by atoms with E-state index in [9.17, 15) is 4.79 Å². The van der Waals surface area contributed by atoms with E-state index in [0.717, 1.165) is 19.5 Å². The molecule has 0 saturated heterocycles. The monoisotopic (exact) mass is 145 g/mol. The van der Waals surface area contributed by atoms with Gasteiger partial charge in [0.05, 0.1) is 6.54 Å². The molecule has 0 bridgehead atoms. The quantitative estimate of drug-likeness (QED) is 0.505. The maximum atomic E-state index is 10.4. The van der Waals surface area contributed by atoms with Crippen molar-refractivity contribution in [1.29, 1.82) is 0 Å². The van der Waals surface area contributed by atoms with Crippen LogP contribution in [0.1, 0.15) is 26.2 Å². The molecule has 3 nitrogen and oxygen atoms in total. The van der Waals surface area contributed by atoms with Crippen molar-refractivity contribution in [2.45, 2.75) is 26.2 Å². The van der Waals surface area contributed by atoms with Crippen molar-refractivity contribution in [3.05, 3.63) is 0 Å². The smallest absolute Gasteiger partial charge is 0.216 e. The van der Waals surface area contributed by atoms with Crippen LogP contribution in [-0.4, -0.2) is 19.0 Å². The number of quaternary nitrogens is 1. The molecule has 0 saturated carbocycles. The van der Waals surface area contributed by atoms with E-state index in [-0.39, 0.29) is 5.91 Å². The van der Waals surface area contributed by atoms with Gasteiger partial charge >= 0.3 is 0 Å². The van der Waals surface area contributed by atoms with Gasteiger partial charge in [0, 0.05) is 13.5 Å². The van der Waals surface area contributed by atoms with Gasteiger partial charge in [-0.25, -0.2) is 0 Å². The van der Waals surface area contributed by atoms with Gasteiger partial charge in [0.25, 0.3) is 0 Å². The molecule has 0 aromatic carbocycles. The Hall–Kier alpha value is -0.570. The maximum absolute atomic E-state index is 10.4. The third kappa shape index (κ3) is 7.43. The molecule has 0 atom stereocenters. The standard InChI is InChI=1S/C7H16N2O/c1-7(10)9-6-4-2-3-5-8/h2-6,8H2,1H3,(H,9,10)/p+1. The van der Waals surface area contributed by atoms with Crippen LogP contribution in [0.5, 0.6) is 0 Å². The first-order valence-corrected chi connectivity index (χ1v) is 3.81. The largest absolute Gasteiger partial charge is 0.358 e. The molecule has 0 aliphatic heterocycles. The van der Waals surface area contributed by atoms with Crippen LogP contribution in [0.2, 0.25) is 0 Å². The second kappa shape index (κ2) is 6.55. The molecule has 0 aliphatic rings. The van der Waals surface area contributed by atoms with Crippen LogP contribution < -0.4 is 11.1 Å². The van der Waals surface area contributed by atoms with Gasteiger partial charge in [-0.1, -0.05) is 0 Å². The fraction of sp³-hybridized carbons (Fsp3) is 0.857. The molecule has 0 aromatic rings. The summed E-state index contributed by atoms with van der Waals surface area (Å²) in [7, 11) is 0. The van der Waals surface area contributed by atoms with Crippen LogP contribution >= 0.6 is 0 Å². The van der Waals surface area contributed by atoms with Crippen molar-refractivity contribution in [3.8, 4) is 0 Å². The lowest BCUT2D eigenvalue weighted by atomic mass is 10.2. The summed E-state index contributed by atoms with van der Waals surface area (Å²) >= 11 is 0. The highest BCUT2D eigenvalue weighted by Crippen LogP contribution is 1.89. The van der Waals surface area contributed by atoms with Gasteiger partial charge < -0.3 is 11.1 Å². The lowest BCUT2D eigenvalue weighted by Crippen LogP contribution is -2.50. The summed E-state index contributed by atoms with van der Waals surface area (Å²) in [5.74, 6) is 0.0645. The van der Waals surface area contributed by atoms with Gasteiger partial charge in [0.15, 0.2) is 0 Å². The Morgan fingerprint density at radius 1 is 1.40 bits per heavy atom. The molecule has 0 spiro atoms. The Bertz CT molecular complexity index is 93.6. The Morgan fingerprint density at radius 2 is 2.10 bits per heavy atom. The molecule has 0 heterocycles. The number of carbonyl (C=O) groups is 1. The summed E-state index contributed by atoms with van der Waals surface area (Å²) in [6.45, 7) is 3.36. The van der Waals surface area contributed by atoms with E-state index in [1.807, 2.05) is 0 Å². The van der Waals surface area contributed by atoms with E-state index in [1.165, 1.54) is 12.8 Å². The minimum absolute atomic E-state index is 0.0645. The Kier molecular flexibility index (Phi) is 6.18. The first-order valence-electron chi connectivity index (χ1n) is 3.81. The molecule has 1 amide bonds. The first kappa shape index (κ1) is 9.43. The minimum atomic E-state index is 0.0645. The molecule has 0 radical (unpaired) electrons. The third-order valence-corrected chi connectivity index (χ3v) is 1.30. The average molecular weight is 145 g/mol. The number of rotatable bonds is 5. The van der Waals surface area contributed by atoms with Crippen molar-refractivity contribution in [2.24, 2.45) is 0 Å². The van der Waals surface area contributed by atoms with Crippen LogP contribution in [0, 0.1) is 0 Å². The minimum Gasteiger partial charge on any atom is -0.358 e. The highest BCUT2D eigenvalue weighted by Gasteiger charge is 1.90. The second-order valence-corrected chi connectivity index (χ2v) is 2.40. The number of unbranched alkanes of at least 4 members (excludes halogenated alkanes) is 2. The van der Waals surface area contributed by atoms with Crippen molar-refractivity contribution >= 4 is 5.91 Å². The van der Waals surface area contributed by atoms with Crippen molar-refractivity contribution in [3.63, 3.8) is 0 Å². The highest BCUT2D eigenvalue weighted by molar-refractivity contribution is 5.72. The summed E-state index contributed by atoms with van der Waals surface area (Å²) in [6.07, 6.45) is 3.42. The predicted octanol–water partition coefficient (Wildman–Crippen LogP) is -0.465. The summed E-state index contributed by atoms with van der Waals surface area (Å²) in [6, 6.07) is 0. The molecule has 0 fully saturated rings. The molecule has 0 unspecified atom stereocenters. The molecule has 3 heteroatoms. The van der Waals surface area contributed by atoms with Crippen molar-refractivity contribution < 1.29 is 10.5 Å². The normalized spacial score (nSPS) is 9.40. The van der Waals surface area contributed by atoms with Crippen LogP contribution in [0.15, 0.2) is 0 Å². The predicted molar refractivity (Wildman–Crippen MR) is 40.3 cm³/mol. The van der Waals surface area contributed by atoms with E-state index in [4.69, 9.17) is 0 Å². The summed E-state index contributed by atoms with van der Waals surface area (Å²) in [5, 5.41) is 2.75. The molecular formula is C7H17N2O+. The zero-order valence-electron chi connectivity index (χ0n) is 6.65. The molecular weight excluding hydrogens is 128 g/mol. The first-order chi connectivity index (χ1) is 4.77. The lowest BCUT2D eigenvalue weighted by molar-refractivity contribution is -0.368. The number of hydrogen-bond donors (Lipinski definition) is 2.